The van der Waals surface area contributed by atoms with E-state index in [1.165, 1.54) is 12.1 Å². The van der Waals surface area contributed by atoms with Crippen LogP contribution in [0.25, 0.3) is 10.9 Å². The summed E-state index contributed by atoms with van der Waals surface area (Å²) in [4.78, 5) is 22.9. The van der Waals surface area contributed by atoms with Crippen molar-refractivity contribution in [2.24, 2.45) is 0 Å². The predicted octanol–water partition coefficient (Wildman–Crippen LogP) is 3.80. The largest absolute Gasteiger partial charge is 0.513 e. The minimum Gasteiger partial charge on any atom is -0.449 e. The van der Waals surface area contributed by atoms with Crippen LogP contribution in [-0.2, 0) is 14.8 Å². The maximum absolute atomic E-state index is 13.4. The first-order valence-electron chi connectivity index (χ1n) is 7.99. The lowest BCUT2D eigenvalue weighted by atomic mass is 10.1. The molecule has 2 aromatic carbocycles. The first kappa shape index (κ1) is 20.0. The van der Waals surface area contributed by atoms with E-state index in [-0.39, 0.29) is 15.8 Å². The van der Waals surface area contributed by atoms with Gasteiger partial charge in [-0.2, -0.15) is 12.5 Å². The number of hydrogen-bond acceptors (Lipinski definition) is 6. The number of aryl methyl sites for hydroxylation is 3. The molecule has 1 aromatic heterocycles. The van der Waals surface area contributed by atoms with E-state index in [0.717, 1.165) is 9.65 Å². The van der Waals surface area contributed by atoms with Crippen molar-refractivity contribution >= 4 is 49.0 Å². The molecular formula is C18H15BrN2O6S. The van der Waals surface area contributed by atoms with Gasteiger partial charge < -0.3 is 9.84 Å². The van der Waals surface area contributed by atoms with E-state index in [1.54, 1.807) is 32.0 Å². The highest BCUT2D eigenvalue weighted by Crippen LogP contribution is 2.29. The zero-order valence-corrected chi connectivity index (χ0v) is 17.5. The van der Waals surface area contributed by atoms with Crippen molar-refractivity contribution in [1.29, 1.82) is 0 Å². The first-order chi connectivity index (χ1) is 13.0. The average Bonchev–Trinajstić information content (AvgIpc) is 2.92. The normalized spacial score (nSPS) is 11.6. The second kappa shape index (κ2) is 7.02. The Morgan fingerprint density at radius 3 is 2.29 bits per heavy atom. The number of hydrogen-bond donors (Lipinski definition) is 1. The zero-order chi connectivity index (χ0) is 20.8. The van der Waals surface area contributed by atoms with Gasteiger partial charge in [-0.15, -0.1) is 5.10 Å². The quantitative estimate of drug-likeness (QED) is 0.460. The van der Waals surface area contributed by atoms with Crippen LogP contribution < -0.4 is 0 Å². The van der Waals surface area contributed by atoms with Gasteiger partial charge in [0.15, 0.2) is 5.69 Å². The van der Waals surface area contributed by atoms with Crippen LogP contribution in [0.1, 0.15) is 27.2 Å². The lowest BCUT2D eigenvalue weighted by Gasteiger charge is -2.12. The number of fused-ring (bicyclic) bond motifs is 1. The molecule has 0 aliphatic carbocycles. The molecular weight excluding hydrogens is 452 g/mol. The Labute approximate surface area is 168 Å². The molecule has 3 aromatic rings. The fourth-order valence-corrected chi connectivity index (χ4v) is 5.26. The van der Waals surface area contributed by atoms with E-state index in [4.69, 9.17) is 5.11 Å². The van der Waals surface area contributed by atoms with Gasteiger partial charge >= 0.3 is 12.1 Å². The topological polar surface area (TPSA) is 116 Å². The standard InChI is InChI=1S/C18H15BrN2O6S/c1-9-6-10(2)16(11(3)7-9)28(25,26)21-14-5-4-12(19)8-13(14)15(20-21)17(22)27-18(23)24/h4-8H,1-3H3,(H,23,24). The first-order valence-corrected chi connectivity index (χ1v) is 10.2. The summed E-state index contributed by atoms with van der Waals surface area (Å²) in [6, 6.07) is 8.02. The maximum Gasteiger partial charge on any atom is 0.513 e. The van der Waals surface area contributed by atoms with Crippen molar-refractivity contribution in [2.45, 2.75) is 25.7 Å². The van der Waals surface area contributed by atoms with Gasteiger partial charge in [0.2, 0.25) is 0 Å². The smallest absolute Gasteiger partial charge is 0.449 e. The number of benzene rings is 2. The van der Waals surface area contributed by atoms with E-state index in [9.17, 15) is 18.0 Å². The molecule has 146 valence electrons. The number of carboxylic acid groups (broad SMARTS) is 1. The highest BCUT2D eigenvalue weighted by atomic mass is 79.9. The minimum atomic E-state index is -4.16. The summed E-state index contributed by atoms with van der Waals surface area (Å²) >= 11 is 3.25. The van der Waals surface area contributed by atoms with Gasteiger partial charge in [0.1, 0.15) is 0 Å². The summed E-state index contributed by atoms with van der Waals surface area (Å²) in [6.07, 6.45) is -1.81. The molecule has 3 rings (SSSR count). The molecule has 8 nitrogen and oxygen atoms in total. The number of rotatable bonds is 3. The van der Waals surface area contributed by atoms with Crippen molar-refractivity contribution in [3.8, 4) is 0 Å². The van der Waals surface area contributed by atoms with Gasteiger partial charge in [-0.3, -0.25) is 0 Å². The highest BCUT2D eigenvalue weighted by Gasteiger charge is 2.29. The number of esters is 1. The molecule has 0 fully saturated rings. The van der Waals surface area contributed by atoms with Crippen molar-refractivity contribution in [1.82, 2.24) is 9.19 Å². The van der Waals surface area contributed by atoms with E-state index in [0.29, 0.717) is 15.6 Å². The summed E-state index contributed by atoms with van der Waals surface area (Å²) in [5.41, 5.74) is 1.69. The molecule has 0 bridgehead atoms. The Morgan fingerprint density at radius 2 is 1.71 bits per heavy atom. The van der Waals surface area contributed by atoms with Crippen LogP contribution in [0.2, 0.25) is 0 Å². The van der Waals surface area contributed by atoms with Crippen LogP contribution in [0.3, 0.4) is 0 Å². The Hall–Kier alpha value is -2.72. The maximum atomic E-state index is 13.4. The molecule has 0 radical (unpaired) electrons. The third kappa shape index (κ3) is 3.40. The lowest BCUT2D eigenvalue weighted by molar-refractivity contribution is 0.0505. The molecule has 0 amide bonds. The SMILES string of the molecule is Cc1cc(C)c(S(=O)(=O)n2nc(C(=O)OC(=O)O)c3cc(Br)ccc32)c(C)c1. The van der Waals surface area contributed by atoms with Crippen molar-refractivity contribution in [3.63, 3.8) is 0 Å². The van der Waals surface area contributed by atoms with Gasteiger partial charge in [-0.05, 0) is 50.1 Å². The van der Waals surface area contributed by atoms with Crippen molar-refractivity contribution in [2.75, 3.05) is 0 Å². The molecule has 0 spiro atoms. The predicted molar refractivity (Wildman–Crippen MR) is 104 cm³/mol. The molecule has 0 aliphatic rings. The molecule has 0 unspecified atom stereocenters. The lowest BCUT2D eigenvalue weighted by Crippen LogP contribution is -2.18. The highest BCUT2D eigenvalue weighted by molar-refractivity contribution is 9.10. The van der Waals surface area contributed by atoms with Gasteiger partial charge in [-0.1, -0.05) is 33.6 Å². The van der Waals surface area contributed by atoms with Crippen LogP contribution in [-0.4, -0.2) is 34.8 Å². The number of aromatic nitrogens is 2. The van der Waals surface area contributed by atoms with Crippen molar-refractivity contribution < 1.29 is 27.9 Å². The Balaban J connectivity index is 2.32. The van der Waals surface area contributed by atoms with Gasteiger partial charge in [0.05, 0.1) is 10.4 Å². The summed E-state index contributed by atoms with van der Waals surface area (Å²) in [6.45, 7) is 5.21. The molecule has 0 aliphatic heterocycles. The summed E-state index contributed by atoms with van der Waals surface area (Å²) in [5, 5.41) is 12.8. The third-order valence-electron chi connectivity index (χ3n) is 4.07. The second-order valence-corrected chi connectivity index (χ2v) is 8.86. The van der Waals surface area contributed by atoms with Gasteiger partial charge in [0, 0.05) is 9.86 Å². The van der Waals surface area contributed by atoms with E-state index >= 15 is 0 Å². The number of nitrogens with zero attached hydrogens (tertiary/aromatic N) is 2. The van der Waals surface area contributed by atoms with E-state index < -0.39 is 27.8 Å². The van der Waals surface area contributed by atoms with E-state index in [1.807, 2.05) is 6.92 Å². The fourth-order valence-electron chi connectivity index (χ4n) is 3.19. The number of carbonyl (C=O) groups excluding carboxylic acids is 1. The van der Waals surface area contributed by atoms with Gasteiger partial charge in [-0.25, -0.2) is 9.59 Å². The molecule has 1 heterocycles. The molecule has 0 saturated heterocycles. The molecule has 0 atom stereocenters. The van der Waals surface area contributed by atoms with Gasteiger partial charge in [0.25, 0.3) is 10.0 Å². The summed E-state index contributed by atoms with van der Waals surface area (Å²) < 4.78 is 32.2. The van der Waals surface area contributed by atoms with Crippen LogP contribution in [0.4, 0.5) is 4.79 Å². The van der Waals surface area contributed by atoms with Crippen LogP contribution in [0, 0.1) is 20.8 Å². The third-order valence-corrected chi connectivity index (χ3v) is 6.46. The number of carbonyl (C=O) groups is 2. The second-order valence-electron chi connectivity index (χ2n) is 6.24. The monoisotopic (exact) mass is 466 g/mol. The number of ether oxygens (including phenoxy) is 1. The molecule has 1 N–H and O–H groups in total. The Bertz CT molecular complexity index is 1220. The average molecular weight is 467 g/mol. The van der Waals surface area contributed by atoms with E-state index in [2.05, 4.69) is 25.8 Å². The number of halogens is 1. The zero-order valence-electron chi connectivity index (χ0n) is 15.1. The Kier molecular flexibility index (Phi) is 5.02. The molecule has 28 heavy (non-hydrogen) atoms. The minimum absolute atomic E-state index is 0.0728. The van der Waals surface area contributed by atoms with Crippen LogP contribution in [0.15, 0.2) is 39.7 Å². The van der Waals surface area contributed by atoms with Crippen molar-refractivity contribution in [3.05, 3.63) is 57.2 Å². The summed E-state index contributed by atoms with van der Waals surface area (Å²) in [5.74, 6) is -1.26. The van der Waals surface area contributed by atoms with Crippen LogP contribution in [0.5, 0.6) is 0 Å². The molecule has 0 saturated carbocycles. The fraction of sp³-hybridized carbons (Fsp3) is 0.167. The summed E-state index contributed by atoms with van der Waals surface area (Å²) in [7, 11) is -4.16. The molecule has 10 heteroatoms. The Morgan fingerprint density at radius 1 is 1.11 bits per heavy atom. The van der Waals surface area contributed by atoms with Crippen LogP contribution >= 0.6 is 15.9 Å².